The van der Waals surface area contributed by atoms with E-state index in [-0.39, 0.29) is 0 Å². The Labute approximate surface area is 133 Å². The van der Waals surface area contributed by atoms with Crippen molar-refractivity contribution in [2.75, 3.05) is 38.7 Å². The minimum Gasteiger partial charge on any atom is -0.381 e. The smallest absolute Gasteiger partial charge is 0.0680 e. The van der Waals surface area contributed by atoms with Crippen molar-refractivity contribution in [3.05, 3.63) is 0 Å². The maximum absolute atomic E-state index is 6.24. The Bertz CT molecular complexity index is 347. The van der Waals surface area contributed by atoms with Gasteiger partial charge < -0.3 is 9.47 Å². The Balaban J connectivity index is 1.19. The largest absolute Gasteiger partial charge is 0.381 e. The first kappa shape index (κ1) is 14.8. The van der Waals surface area contributed by atoms with E-state index in [9.17, 15) is 0 Å². The Hall–Kier alpha value is 0.230. The van der Waals surface area contributed by atoms with Gasteiger partial charge in [0.05, 0.1) is 6.10 Å². The molecule has 4 aliphatic rings. The van der Waals surface area contributed by atoms with Gasteiger partial charge in [0.15, 0.2) is 0 Å². The quantitative estimate of drug-likeness (QED) is 0.796. The standard InChI is InChI=1S/C17H29NO2S/c1-2-4-15(3-1)18-12-17(13-18)9-16(11-21-17)20-10-14-5-7-19-8-6-14/h14-16H,1-13H2/t16-/m0/s1. The van der Waals surface area contributed by atoms with E-state index in [1.54, 1.807) is 0 Å². The summed E-state index contributed by atoms with van der Waals surface area (Å²) in [5, 5.41) is 0. The normalized spacial score (nSPS) is 34.6. The average Bonchev–Trinajstić information content (AvgIpc) is 3.14. The Morgan fingerprint density at radius 3 is 2.62 bits per heavy atom. The molecular weight excluding hydrogens is 282 g/mol. The third kappa shape index (κ3) is 3.29. The van der Waals surface area contributed by atoms with E-state index < -0.39 is 0 Å². The maximum atomic E-state index is 6.24. The first-order valence-electron chi connectivity index (χ1n) is 8.90. The second-order valence-electron chi connectivity index (χ2n) is 7.55. The van der Waals surface area contributed by atoms with E-state index in [0.717, 1.165) is 31.8 Å². The van der Waals surface area contributed by atoms with Crippen molar-refractivity contribution in [3.63, 3.8) is 0 Å². The zero-order valence-electron chi connectivity index (χ0n) is 13.1. The average molecular weight is 311 g/mol. The third-order valence-corrected chi connectivity index (χ3v) is 7.48. The molecule has 3 nitrogen and oxygen atoms in total. The van der Waals surface area contributed by atoms with Gasteiger partial charge in [-0.15, -0.1) is 11.8 Å². The van der Waals surface area contributed by atoms with Crippen molar-refractivity contribution in [2.24, 2.45) is 5.92 Å². The van der Waals surface area contributed by atoms with Crippen molar-refractivity contribution in [1.29, 1.82) is 0 Å². The highest BCUT2D eigenvalue weighted by Crippen LogP contribution is 2.48. The van der Waals surface area contributed by atoms with Crippen LogP contribution in [0.1, 0.15) is 44.9 Å². The topological polar surface area (TPSA) is 21.7 Å². The molecule has 1 aliphatic carbocycles. The first-order chi connectivity index (χ1) is 10.3. The van der Waals surface area contributed by atoms with Gasteiger partial charge in [-0.1, -0.05) is 12.8 Å². The van der Waals surface area contributed by atoms with Gasteiger partial charge in [0.1, 0.15) is 0 Å². The highest BCUT2D eigenvalue weighted by Gasteiger charge is 2.51. The second kappa shape index (κ2) is 6.38. The highest BCUT2D eigenvalue weighted by molar-refractivity contribution is 8.01. The molecule has 3 aliphatic heterocycles. The van der Waals surface area contributed by atoms with E-state index in [1.165, 1.54) is 63.8 Å². The molecule has 3 heterocycles. The van der Waals surface area contributed by atoms with E-state index >= 15 is 0 Å². The van der Waals surface area contributed by atoms with Gasteiger partial charge in [-0.3, -0.25) is 4.90 Å². The fraction of sp³-hybridized carbons (Fsp3) is 1.00. The van der Waals surface area contributed by atoms with Crippen LogP contribution in [0, 0.1) is 5.92 Å². The Kier molecular flexibility index (Phi) is 4.50. The van der Waals surface area contributed by atoms with Gasteiger partial charge in [0.2, 0.25) is 0 Å². The van der Waals surface area contributed by atoms with Crippen LogP contribution in [0.15, 0.2) is 0 Å². The molecule has 0 N–H and O–H groups in total. The highest BCUT2D eigenvalue weighted by atomic mass is 32.2. The molecule has 3 saturated heterocycles. The summed E-state index contributed by atoms with van der Waals surface area (Å²) in [5.74, 6) is 1.97. The van der Waals surface area contributed by atoms with Gasteiger partial charge in [-0.05, 0) is 38.0 Å². The maximum Gasteiger partial charge on any atom is 0.0680 e. The molecule has 21 heavy (non-hydrogen) atoms. The lowest BCUT2D eigenvalue weighted by atomic mass is 9.91. The molecule has 1 atom stereocenters. The zero-order valence-corrected chi connectivity index (χ0v) is 13.9. The SMILES string of the molecule is C1CCC(N2CC3(C[C@H](OCC4CCOCC4)CS3)C2)C1. The molecule has 1 saturated carbocycles. The lowest BCUT2D eigenvalue weighted by molar-refractivity contribution is -0.0161. The van der Waals surface area contributed by atoms with E-state index in [2.05, 4.69) is 16.7 Å². The number of rotatable bonds is 4. The van der Waals surface area contributed by atoms with Gasteiger partial charge in [-0.25, -0.2) is 0 Å². The minimum absolute atomic E-state index is 0.517. The summed E-state index contributed by atoms with van der Waals surface area (Å²) in [6, 6.07) is 0.915. The van der Waals surface area contributed by atoms with Crippen molar-refractivity contribution in [2.45, 2.75) is 61.8 Å². The molecule has 0 aromatic heterocycles. The second-order valence-corrected chi connectivity index (χ2v) is 9.04. The summed E-state index contributed by atoms with van der Waals surface area (Å²) < 4.78 is 12.2. The van der Waals surface area contributed by atoms with Crippen molar-refractivity contribution in [1.82, 2.24) is 4.90 Å². The van der Waals surface area contributed by atoms with Crippen LogP contribution >= 0.6 is 11.8 Å². The van der Waals surface area contributed by atoms with Crippen LogP contribution < -0.4 is 0 Å². The summed E-state index contributed by atoms with van der Waals surface area (Å²) >= 11 is 2.20. The minimum atomic E-state index is 0.517. The predicted octanol–water partition coefficient (Wildman–Crippen LogP) is 2.93. The molecule has 120 valence electrons. The fourth-order valence-electron chi connectivity index (χ4n) is 4.54. The summed E-state index contributed by atoms with van der Waals surface area (Å²) in [5.41, 5.74) is 0. The molecule has 4 heteroatoms. The Morgan fingerprint density at radius 2 is 1.86 bits per heavy atom. The molecule has 0 amide bonds. The van der Waals surface area contributed by atoms with Gasteiger partial charge in [-0.2, -0.15) is 0 Å². The number of likely N-dealkylation sites (tertiary alicyclic amines) is 1. The molecular formula is C17H29NO2S. The van der Waals surface area contributed by atoms with Gasteiger partial charge >= 0.3 is 0 Å². The van der Waals surface area contributed by atoms with Gasteiger partial charge in [0.25, 0.3) is 0 Å². The number of hydrogen-bond acceptors (Lipinski definition) is 4. The summed E-state index contributed by atoms with van der Waals surface area (Å²) in [4.78, 5) is 2.75. The zero-order chi connectivity index (χ0) is 14.1. The van der Waals surface area contributed by atoms with Crippen LogP contribution in [0.2, 0.25) is 0 Å². The molecule has 0 aromatic carbocycles. The van der Waals surface area contributed by atoms with Gasteiger partial charge in [0, 0.05) is 49.5 Å². The van der Waals surface area contributed by atoms with E-state index in [0.29, 0.717) is 10.9 Å². The number of hydrogen-bond donors (Lipinski definition) is 0. The fourth-order valence-corrected chi connectivity index (χ4v) is 6.11. The van der Waals surface area contributed by atoms with E-state index in [4.69, 9.17) is 9.47 Å². The monoisotopic (exact) mass is 311 g/mol. The summed E-state index contributed by atoms with van der Waals surface area (Å²) in [6.07, 6.45) is 10.0. The van der Waals surface area contributed by atoms with Crippen molar-refractivity contribution in [3.8, 4) is 0 Å². The van der Waals surface area contributed by atoms with Crippen LogP contribution in [0.4, 0.5) is 0 Å². The summed E-state index contributed by atoms with van der Waals surface area (Å²) in [7, 11) is 0. The molecule has 0 aromatic rings. The van der Waals surface area contributed by atoms with Crippen molar-refractivity contribution < 1.29 is 9.47 Å². The molecule has 0 bridgehead atoms. The molecule has 4 fully saturated rings. The van der Waals surface area contributed by atoms with Crippen molar-refractivity contribution >= 4 is 11.8 Å². The van der Waals surface area contributed by atoms with E-state index in [1.807, 2.05) is 0 Å². The first-order valence-corrected chi connectivity index (χ1v) is 9.89. The molecule has 4 rings (SSSR count). The van der Waals surface area contributed by atoms with Crippen LogP contribution in [-0.2, 0) is 9.47 Å². The predicted molar refractivity (Wildman–Crippen MR) is 86.9 cm³/mol. The number of thioether (sulfide) groups is 1. The van der Waals surface area contributed by atoms with Crippen LogP contribution in [0.25, 0.3) is 0 Å². The van der Waals surface area contributed by atoms with Crippen LogP contribution in [-0.4, -0.2) is 60.5 Å². The van der Waals surface area contributed by atoms with Crippen LogP contribution in [0.5, 0.6) is 0 Å². The summed E-state index contributed by atoms with van der Waals surface area (Å²) in [6.45, 7) is 5.51. The lowest BCUT2D eigenvalue weighted by Gasteiger charge is -2.50. The number of nitrogens with zero attached hydrogens (tertiary/aromatic N) is 1. The molecule has 1 spiro atoms. The van der Waals surface area contributed by atoms with Crippen LogP contribution in [0.3, 0.4) is 0 Å². The lowest BCUT2D eigenvalue weighted by Crippen LogP contribution is -2.61. The molecule has 0 unspecified atom stereocenters. The molecule has 0 radical (unpaired) electrons. The Morgan fingerprint density at radius 1 is 1.10 bits per heavy atom. The number of ether oxygens (including phenoxy) is 2. The third-order valence-electron chi connectivity index (χ3n) is 5.91.